The van der Waals surface area contributed by atoms with Gasteiger partial charge in [-0.2, -0.15) is 0 Å². The maximum atomic E-state index is 15.0. The average Bonchev–Trinajstić information content (AvgIpc) is 3.48. The molecule has 166 valence electrons. The van der Waals surface area contributed by atoms with E-state index in [0.29, 0.717) is 30.3 Å². The van der Waals surface area contributed by atoms with Crippen molar-refractivity contribution >= 4 is 46.7 Å². The second-order valence-corrected chi connectivity index (χ2v) is 7.57. The molecule has 3 N–H and O–H groups in total. The van der Waals surface area contributed by atoms with Crippen LogP contribution in [0.3, 0.4) is 0 Å². The lowest BCUT2D eigenvalue weighted by molar-refractivity contribution is 0.143. The van der Waals surface area contributed by atoms with Crippen LogP contribution in [0.2, 0.25) is 0 Å². The molecule has 1 saturated carbocycles. The number of benzene rings is 1. The maximum Gasteiger partial charge on any atom is 0.511 e. The van der Waals surface area contributed by atoms with Crippen LogP contribution in [0, 0.1) is 5.82 Å². The Labute approximate surface area is 190 Å². The number of nitrogens with zero attached hydrogens (tertiary/aromatic N) is 3. The van der Waals surface area contributed by atoms with E-state index in [1.54, 1.807) is 6.07 Å². The van der Waals surface area contributed by atoms with Gasteiger partial charge in [-0.05, 0) is 38.4 Å². The molecule has 1 saturated heterocycles. The van der Waals surface area contributed by atoms with Gasteiger partial charge in [-0.1, -0.05) is 6.92 Å². The van der Waals surface area contributed by atoms with E-state index < -0.39 is 17.4 Å². The normalized spacial score (nSPS) is 19.2. The average molecular weight is 535 g/mol. The minimum absolute atomic E-state index is 0. The monoisotopic (exact) mass is 535 g/mol. The van der Waals surface area contributed by atoms with Crippen molar-refractivity contribution in [2.24, 2.45) is 0 Å². The summed E-state index contributed by atoms with van der Waals surface area (Å²) in [6.45, 7) is 7.50. The summed E-state index contributed by atoms with van der Waals surface area (Å²) >= 11 is 0. The van der Waals surface area contributed by atoms with Gasteiger partial charge in [0.1, 0.15) is 5.82 Å². The number of hydrogen-bond donors (Lipinski definition) is 1. The van der Waals surface area contributed by atoms with Gasteiger partial charge in [0, 0.05) is 31.7 Å². The molecule has 2 aliphatic rings. The van der Waals surface area contributed by atoms with Gasteiger partial charge in [-0.3, -0.25) is 9.69 Å². The zero-order chi connectivity index (χ0) is 20.0. The topological polar surface area (TPSA) is 107 Å². The highest BCUT2D eigenvalue weighted by molar-refractivity contribution is 14.0. The second kappa shape index (κ2) is 9.48. The molecule has 1 aromatic carbocycles. The Morgan fingerprint density at radius 2 is 2.00 bits per heavy atom. The van der Waals surface area contributed by atoms with Gasteiger partial charge < -0.3 is 24.8 Å². The molecule has 0 spiro atoms. The van der Waals surface area contributed by atoms with Gasteiger partial charge >= 0.3 is 6.16 Å². The molecular formula is C20H27FIN3O5. The van der Waals surface area contributed by atoms with Crippen molar-refractivity contribution in [1.29, 1.82) is 0 Å². The first-order chi connectivity index (χ1) is 13.4. The van der Waals surface area contributed by atoms with E-state index in [-0.39, 0.29) is 46.6 Å². The fourth-order valence-electron chi connectivity index (χ4n) is 4.08. The molecule has 1 aromatic heterocycles. The van der Waals surface area contributed by atoms with Gasteiger partial charge in [0.25, 0.3) is 0 Å². The molecule has 2 aromatic rings. The molecule has 1 unspecified atom stereocenters. The summed E-state index contributed by atoms with van der Waals surface area (Å²) in [5, 5.41) is 9.03. The number of carboxylic acid groups (broad SMARTS) is 1. The molecule has 0 radical (unpaired) electrons. The number of fused-ring (bicyclic) bond motifs is 1. The Morgan fingerprint density at radius 1 is 1.30 bits per heavy atom. The van der Waals surface area contributed by atoms with Crippen LogP contribution in [0.15, 0.2) is 23.1 Å². The third-order valence-corrected chi connectivity index (χ3v) is 5.72. The summed E-state index contributed by atoms with van der Waals surface area (Å²) in [5.74, 6) is -0.763. The fourth-order valence-corrected chi connectivity index (χ4v) is 4.08. The third-order valence-electron chi connectivity index (χ3n) is 5.72. The predicted octanol–water partition coefficient (Wildman–Crippen LogP) is 2.86. The largest absolute Gasteiger partial charge is 0.511 e. The number of ether oxygens (including phenoxy) is 1. The van der Waals surface area contributed by atoms with E-state index in [9.17, 15) is 14.0 Å². The second-order valence-electron chi connectivity index (χ2n) is 7.57. The summed E-state index contributed by atoms with van der Waals surface area (Å²) in [6.07, 6.45) is 1.75. The van der Waals surface area contributed by atoms with Crippen molar-refractivity contribution < 1.29 is 24.5 Å². The van der Waals surface area contributed by atoms with Crippen molar-refractivity contribution in [3.05, 3.63) is 34.4 Å². The van der Waals surface area contributed by atoms with Crippen LogP contribution < -0.4 is 15.1 Å². The van der Waals surface area contributed by atoms with Gasteiger partial charge in [0.2, 0.25) is 5.43 Å². The molecule has 1 aliphatic heterocycles. The van der Waals surface area contributed by atoms with Crippen LogP contribution in [0.4, 0.5) is 14.9 Å². The van der Waals surface area contributed by atoms with E-state index in [1.165, 1.54) is 12.3 Å². The van der Waals surface area contributed by atoms with Crippen LogP contribution >= 0.6 is 24.0 Å². The molecule has 1 aliphatic carbocycles. The zero-order valence-corrected chi connectivity index (χ0v) is 19.3. The molecule has 4 rings (SSSR count). The van der Waals surface area contributed by atoms with E-state index in [1.807, 2.05) is 9.47 Å². The standard InChI is InChI=1S/C20H24FN3O4.HI.H2O/c1-3-22-6-7-23(10-12(22)2)17-9-16-14(8-15(17)21)19(25)18(28-20(26)27)11-24(16)13-4-5-13;;/h8-9,11-13H,3-7,10H2,1-2H3,(H,26,27);1H;1H2. The lowest BCUT2D eigenvalue weighted by atomic mass is 10.1. The first-order valence-corrected chi connectivity index (χ1v) is 9.67. The number of aromatic nitrogens is 1. The Balaban J connectivity index is 0.00000160. The van der Waals surface area contributed by atoms with Crippen molar-refractivity contribution in [3.63, 3.8) is 0 Å². The summed E-state index contributed by atoms with van der Waals surface area (Å²) in [5.41, 5.74) is 0.493. The minimum Gasteiger partial charge on any atom is -0.449 e. The van der Waals surface area contributed by atoms with Crippen LogP contribution in [0.25, 0.3) is 10.9 Å². The Hall–Kier alpha value is -1.92. The number of pyridine rings is 1. The molecular weight excluding hydrogens is 508 g/mol. The van der Waals surface area contributed by atoms with Gasteiger partial charge in [0.05, 0.1) is 22.8 Å². The molecule has 1 atom stereocenters. The first-order valence-electron chi connectivity index (χ1n) is 9.67. The Bertz CT molecular complexity index is 995. The van der Waals surface area contributed by atoms with Crippen molar-refractivity contribution in [1.82, 2.24) is 9.47 Å². The van der Waals surface area contributed by atoms with Crippen LogP contribution in [-0.4, -0.2) is 58.4 Å². The minimum atomic E-state index is -1.56. The number of anilines is 1. The van der Waals surface area contributed by atoms with E-state index >= 15 is 0 Å². The number of rotatable bonds is 4. The predicted molar refractivity (Wildman–Crippen MR) is 123 cm³/mol. The highest BCUT2D eigenvalue weighted by atomic mass is 127. The van der Waals surface area contributed by atoms with E-state index in [0.717, 1.165) is 25.9 Å². The number of carbonyl (C=O) groups is 1. The van der Waals surface area contributed by atoms with Crippen molar-refractivity contribution in [2.45, 2.75) is 38.8 Å². The van der Waals surface area contributed by atoms with Gasteiger partial charge in [-0.25, -0.2) is 9.18 Å². The first kappa shape index (κ1) is 24.4. The zero-order valence-electron chi connectivity index (χ0n) is 16.9. The van der Waals surface area contributed by atoms with Crippen LogP contribution in [-0.2, 0) is 0 Å². The number of halogens is 2. The van der Waals surface area contributed by atoms with Crippen molar-refractivity contribution in [3.8, 4) is 5.75 Å². The van der Waals surface area contributed by atoms with Crippen molar-refractivity contribution in [2.75, 3.05) is 31.1 Å². The highest BCUT2D eigenvalue weighted by Gasteiger charge is 2.29. The number of likely N-dealkylation sites (N-methyl/N-ethyl adjacent to an activating group) is 1. The molecule has 30 heavy (non-hydrogen) atoms. The van der Waals surface area contributed by atoms with Gasteiger partial charge in [-0.15, -0.1) is 24.0 Å². The van der Waals surface area contributed by atoms with E-state index in [2.05, 4.69) is 23.5 Å². The molecule has 0 amide bonds. The number of hydrogen-bond acceptors (Lipinski definition) is 5. The highest BCUT2D eigenvalue weighted by Crippen LogP contribution is 2.39. The van der Waals surface area contributed by atoms with Crippen LogP contribution in [0.5, 0.6) is 5.75 Å². The Morgan fingerprint density at radius 3 is 2.57 bits per heavy atom. The summed E-state index contributed by atoms with van der Waals surface area (Å²) in [4.78, 5) is 27.9. The quantitative estimate of drug-likeness (QED) is 0.477. The summed E-state index contributed by atoms with van der Waals surface area (Å²) in [7, 11) is 0. The van der Waals surface area contributed by atoms with Gasteiger partial charge in [0.15, 0.2) is 5.75 Å². The lowest BCUT2D eigenvalue weighted by Crippen LogP contribution is -2.52. The Kier molecular flexibility index (Phi) is 7.69. The van der Waals surface area contributed by atoms with E-state index in [4.69, 9.17) is 5.11 Å². The summed E-state index contributed by atoms with van der Waals surface area (Å²) < 4.78 is 21.5. The fraction of sp³-hybridized carbons (Fsp3) is 0.500. The molecule has 8 nitrogen and oxygen atoms in total. The smallest absolute Gasteiger partial charge is 0.449 e. The molecule has 2 fully saturated rings. The molecule has 10 heteroatoms. The maximum absolute atomic E-state index is 15.0. The molecule has 0 bridgehead atoms. The SMILES string of the molecule is CCN1CCN(c2cc3c(cc2F)c(=O)c(OC(=O)O)cn3C2CC2)CC1C.I.O. The number of piperazine rings is 1. The molecule has 2 heterocycles. The summed E-state index contributed by atoms with van der Waals surface area (Å²) in [6, 6.07) is 3.43. The third kappa shape index (κ3) is 4.54. The van der Waals surface area contributed by atoms with Crippen LogP contribution in [0.1, 0.15) is 32.7 Å². The lowest BCUT2D eigenvalue weighted by Gasteiger charge is -2.40.